The topological polar surface area (TPSA) is 101 Å². The van der Waals surface area contributed by atoms with Gasteiger partial charge < -0.3 is 9.73 Å². The van der Waals surface area contributed by atoms with Gasteiger partial charge in [0.05, 0.1) is 10.6 Å². The summed E-state index contributed by atoms with van der Waals surface area (Å²) < 4.78 is 33.4. The molecule has 8 heteroatoms. The van der Waals surface area contributed by atoms with Crippen molar-refractivity contribution in [3.05, 3.63) is 54.0 Å². The molecule has 0 bridgehead atoms. The lowest BCUT2D eigenvalue weighted by Gasteiger charge is -2.07. The fourth-order valence-corrected chi connectivity index (χ4v) is 3.78. The number of carbonyl (C=O) groups excluding carboxylic acids is 1. The number of aromatic nitrogens is 1. The highest BCUT2D eigenvalue weighted by atomic mass is 32.2. The molecule has 3 aromatic rings. The van der Waals surface area contributed by atoms with Crippen molar-refractivity contribution in [3.63, 3.8) is 0 Å². The molecule has 1 aliphatic rings. The number of pyridine rings is 1. The Labute approximate surface area is 150 Å². The molecule has 134 valence electrons. The molecule has 0 saturated heterocycles. The van der Waals surface area contributed by atoms with E-state index in [0.29, 0.717) is 22.2 Å². The van der Waals surface area contributed by atoms with Crippen LogP contribution in [0.5, 0.6) is 0 Å². The van der Waals surface area contributed by atoms with Gasteiger partial charge in [0.15, 0.2) is 5.76 Å². The molecule has 1 fully saturated rings. The maximum absolute atomic E-state index is 12.6. The largest absolute Gasteiger partial charge is 0.451 e. The van der Waals surface area contributed by atoms with Crippen LogP contribution in [0, 0.1) is 6.92 Å². The lowest BCUT2D eigenvalue weighted by molar-refractivity contribution is 0.0924. The summed E-state index contributed by atoms with van der Waals surface area (Å²) in [4.78, 5) is 16.2. The van der Waals surface area contributed by atoms with Gasteiger partial charge in [0.2, 0.25) is 0 Å². The second kappa shape index (κ2) is 6.14. The van der Waals surface area contributed by atoms with E-state index in [1.54, 1.807) is 25.1 Å². The fraction of sp³-hybridized carbons (Fsp3) is 0.222. The maximum Gasteiger partial charge on any atom is 0.287 e. The van der Waals surface area contributed by atoms with Gasteiger partial charge in [-0.25, -0.2) is 8.42 Å². The van der Waals surface area contributed by atoms with Crippen LogP contribution in [0.1, 0.15) is 29.0 Å². The van der Waals surface area contributed by atoms with Crippen LogP contribution in [0.15, 0.2) is 52.0 Å². The monoisotopic (exact) mass is 371 g/mol. The quantitative estimate of drug-likeness (QED) is 0.718. The summed E-state index contributed by atoms with van der Waals surface area (Å²) in [5.74, 6) is -0.0379. The van der Waals surface area contributed by atoms with Crippen LogP contribution in [0.3, 0.4) is 0 Å². The number of benzene rings is 1. The SMILES string of the molecule is Cc1c(C(=O)NC2CC2)oc2ccc(S(=O)(=O)Nc3ccncc3)cc12. The molecule has 0 atom stereocenters. The number of hydrogen-bond acceptors (Lipinski definition) is 5. The molecule has 1 aromatic carbocycles. The zero-order valence-electron chi connectivity index (χ0n) is 14.0. The van der Waals surface area contributed by atoms with Crippen LogP contribution in [0.2, 0.25) is 0 Å². The van der Waals surface area contributed by atoms with E-state index in [0.717, 1.165) is 12.8 Å². The number of sulfonamides is 1. The zero-order valence-corrected chi connectivity index (χ0v) is 14.8. The molecule has 4 rings (SSSR count). The number of rotatable bonds is 5. The lowest BCUT2D eigenvalue weighted by Crippen LogP contribution is -2.25. The molecule has 0 spiro atoms. The van der Waals surface area contributed by atoms with Crippen LogP contribution < -0.4 is 10.0 Å². The summed E-state index contributed by atoms with van der Waals surface area (Å²) in [5.41, 5.74) is 1.53. The summed E-state index contributed by atoms with van der Waals surface area (Å²) in [5, 5.41) is 3.48. The minimum atomic E-state index is -3.76. The smallest absolute Gasteiger partial charge is 0.287 e. The van der Waals surface area contributed by atoms with Gasteiger partial charge in [0.25, 0.3) is 15.9 Å². The Morgan fingerprint density at radius 1 is 1.19 bits per heavy atom. The average Bonchev–Trinajstić information content (AvgIpc) is 3.37. The van der Waals surface area contributed by atoms with Crippen molar-refractivity contribution < 1.29 is 17.6 Å². The molecule has 2 aromatic heterocycles. The molecule has 26 heavy (non-hydrogen) atoms. The Hall–Kier alpha value is -2.87. The number of furan rings is 1. The normalized spacial score (nSPS) is 14.3. The third-order valence-corrected chi connectivity index (χ3v) is 5.65. The van der Waals surface area contributed by atoms with Gasteiger partial charge in [0.1, 0.15) is 5.58 Å². The van der Waals surface area contributed by atoms with Gasteiger partial charge in [-0.05, 0) is 50.1 Å². The van der Waals surface area contributed by atoms with E-state index in [1.807, 2.05) is 0 Å². The Bertz CT molecular complexity index is 1090. The predicted molar refractivity (Wildman–Crippen MR) is 96.5 cm³/mol. The Morgan fingerprint density at radius 2 is 1.92 bits per heavy atom. The van der Waals surface area contributed by atoms with E-state index in [9.17, 15) is 13.2 Å². The van der Waals surface area contributed by atoms with E-state index in [2.05, 4.69) is 15.0 Å². The summed E-state index contributed by atoms with van der Waals surface area (Å²) in [6.45, 7) is 1.75. The fourth-order valence-electron chi connectivity index (χ4n) is 2.70. The van der Waals surface area contributed by atoms with Crippen molar-refractivity contribution in [2.75, 3.05) is 4.72 Å². The second-order valence-electron chi connectivity index (χ2n) is 6.30. The van der Waals surface area contributed by atoms with Crippen molar-refractivity contribution in [2.24, 2.45) is 0 Å². The summed E-state index contributed by atoms with van der Waals surface area (Å²) in [6, 6.07) is 7.90. The first-order valence-corrected chi connectivity index (χ1v) is 9.69. The van der Waals surface area contributed by atoms with Crippen LogP contribution in [-0.4, -0.2) is 25.4 Å². The lowest BCUT2D eigenvalue weighted by atomic mass is 10.1. The van der Waals surface area contributed by atoms with Gasteiger partial charge in [-0.15, -0.1) is 0 Å². The molecular weight excluding hydrogens is 354 g/mol. The number of amides is 1. The molecule has 1 saturated carbocycles. The molecule has 1 aliphatic carbocycles. The first-order chi connectivity index (χ1) is 12.4. The van der Waals surface area contributed by atoms with Gasteiger partial charge in [-0.2, -0.15) is 0 Å². The Balaban J connectivity index is 1.68. The van der Waals surface area contributed by atoms with Crippen LogP contribution in [-0.2, 0) is 10.0 Å². The Morgan fingerprint density at radius 3 is 2.62 bits per heavy atom. The minimum absolute atomic E-state index is 0.0971. The minimum Gasteiger partial charge on any atom is -0.451 e. The summed E-state index contributed by atoms with van der Waals surface area (Å²) in [6.07, 6.45) is 4.97. The first-order valence-electron chi connectivity index (χ1n) is 8.21. The molecule has 0 unspecified atom stereocenters. The number of fused-ring (bicyclic) bond motifs is 1. The standard InChI is InChI=1S/C18H17N3O4S/c1-11-15-10-14(26(23,24)21-13-6-8-19-9-7-13)4-5-16(15)25-17(11)18(22)20-12-2-3-12/h4-10,12H,2-3H2,1H3,(H,19,21)(H,20,22). The summed E-state index contributed by atoms with van der Waals surface area (Å²) in [7, 11) is -3.76. The van der Waals surface area contributed by atoms with Crippen LogP contribution >= 0.6 is 0 Å². The number of nitrogens with zero attached hydrogens (tertiary/aromatic N) is 1. The third kappa shape index (κ3) is 3.15. The number of carbonyl (C=O) groups is 1. The molecule has 0 aliphatic heterocycles. The van der Waals surface area contributed by atoms with Crippen molar-refractivity contribution in [1.82, 2.24) is 10.3 Å². The highest BCUT2D eigenvalue weighted by Gasteiger charge is 2.27. The van der Waals surface area contributed by atoms with E-state index in [-0.39, 0.29) is 22.6 Å². The third-order valence-electron chi connectivity index (χ3n) is 4.27. The first kappa shape index (κ1) is 16.6. The van der Waals surface area contributed by atoms with E-state index in [1.165, 1.54) is 24.5 Å². The van der Waals surface area contributed by atoms with Gasteiger partial charge in [0, 0.05) is 29.4 Å². The highest BCUT2D eigenvalue weighted by molar-refractivity contribution is 7.92. The predicted octanol–water partition coefficient (Wildman–Crippen LogP) is 2.83. The second-order valence-corrected chi connectivity index (χ2v) is 7.99. The van der Waals surface area contributed by atoms with Gasteiger partial charge >= 0.3 is 0 Å². The summed E-state index contributed by atoms with van der Waals surface area (Å²) >= 11 is 0. The number of nitrogens with one attached hydrogen (secondary N) is 2. The van der Waals surface area contributed by atoms with Crippen LogP contribution in [0.4, 0.5) is 5.69 Å². The molecule has 1 amide bonds. The Kier molecular flexibility index (Phi) is 3.91. The number of hydrogen-bond donors (Lipinski definition) is 2. The molecule has 0 radical (unpaired) electrons. The average molecular weight is 371 g/mol. The molecule has 2 heterocycles. The molecule has 2 N–H and O–H groups in total. The van der Waals surface area contributed by atoms with E-state index in [4.69, 9.17) is 4.42 Å². The van der Waals surface area contributed by atoms with Crippen LogP contribution in [0.25, 0.3) is 11.0 Å². The van der Waals surface area contributed by atoms with Gasteiger partial charge in [-0.3, -0.25) is 14.5 Å². The van der Waals surface area contributed by atoms with Gasteiger partial charge in [-0.1, -0.05) is 0 Å². The van der Waals surface area contributed by atoms with Crippen molar-refractivity contribution in [2.45, 2.75) is 30.7 Å². The number of anilines is 1. The van der Waals surface area contributed by atoms with E-state index < -0.39 is 10.0 Å². The van der Waals surface area contributed by atoms with Crippen molar-refractivity contribution in [1.29, 1.82) is 0 Å². The molecular formula is C18H17N3O4S. The van der Waals surface area contributed by atoms with Crippen molar-refractivity contribution >= 4 is 32.6 Å². The van der Waals surface area contributed by atoms with Crippen molar-refractivity contribution in [3.8, 4) is 0 Å². The maximum atomic E-state index is 12.6. The number of aryl methyl sites for hydroxylation is 1. The molecule has 7 nitrogen and oxygen atoms in total. The zero-order chi connectivity index (χ0) is 18.3. The van der Waals surface area contributed by atoms with E-state index >= 15 is 0 Å². The highest BCUT2D eigenvalue weighted by Crippen LogP contribution is 2.29.